The number of amides is 1. The van der Waals surface area contributed by atoms with Crippen LogP contribution in [0.1, 0.15) is 15.9 Å². The van der Waals surface area contributed by atoms with Crippen LogP contribution in [0.2, 0.25) is 0 Å². The second-order valence-corrected chi connectivity index (χ2v) is 4.17. The van der Waals surface area contributed by atoms with Gasteiger partial charge in [-0.25, -0.2) is 0 Å². The monoisotopic (exact) mass is 293 g/mol. The zero-order valence-electron chi connectivity index (χ0n) is 11.0. The summed E-state index contributed by atoms with van der Waals surface area (Å²) in [6.07, 6.45) is 0. The third kappa shape index (κ3) is 4.17. The van der Waals surface area contributed by atoms with Crippen LogP contribution in [-0.4, -0.2) is 12.5 Å². The van der Waals surface area contributed by atoms with E-state index in [2.05, 4.69) is 4.74 Å². The average molecular weight is 293 g/mol. The molecule has 0 saturated heterocycles. The maximum atomic E-state index is 12.0. The van der Waals surface area contributed by atoms with E-state index in [1.807, 2.05) is 0 Å². The Kier molecular flexibility index (Phi) is 4.71. The fourth-order valence-electron chi connectivity index (χ4n) is 1.72. The number of nitrogens with two attached hydrogens (primary N) is 1. The summed E-state index contributed by atoms with van der Waals surface area (Å²) in [4.78, 5) is 11.2. The Bertz CT molecular complexity index is 615. The summed E-state index contributed by atoms with van der Waals surface area (Å²) in [5, 5.41) is 0. The number of carbonyl (C=O) groups is 1. The summed E-state index contributed by atoms with van der Waals surface area (Å²) >= 11 is 0. The van der Waals surface area contributed by atoms with Crippen molar-refractivity contribution in [3.63, 3.8) is 0 Å². The number of benzene rings is 2. The molecule has 110 valence electrons. The highest BCUT2D eigenvalue weighted by molar-refractivity contribution is 5.95. The number of hydrogen-bond donors (Lipinski definition) is 1. The van der Waals surface area contributed by atoms with Crippen LogP contribution in [0.5, 0.6) is 11.5 Å². The van der Waals surface area contributed by atoms with Crippen LogP contribution in [0, 0.1) is 0 Å². The van der Waals surface area contributed by atoms with E-state index in [1.165, 1.54) is 12.1 Å². The molecule has 0 aromatic heterocycles. The zero-order valence-corrected chi connectivity index (χ0v) is 11.0. The van der Waals surface area contributed by atoms with Gasteiger partial charge in [0.1, 0.15) is 18.1 Å². The molecule has 0 radical (unpaired) electrons. The van der Waals surface area contributed by atoms with E-state index in [0.29, 0.717) is 5.75 Å². The molecule has 6 heteroatoms. The normalized spacial score (nSPS) is 10.4. The maximum Gasteiger partial charge on any atom is 0.387 e. The topological polar surface area (TPSA) is 61.6 Å². The molecular formula is C15H13F2NO3. The first-order chi connectivity index (χ1) is 10.1. The SMILES string of the molecule is NC(=O)c1ccccc1OCc1ccc(OC(F)F)cc1. The lowest BCUT2D eigenvalue weighted by Crippen LogP contribution is -2.12. The van der Waals surface area contributed by atoms with Crippen LogP contribution >= 0.6 is 0 Å². The quantitative estimate of drug-likeness (QED) is 0.890. The maximum absolute atomic E-state index is 12.0. The third-order valence-corrected chi connectivity index (χ3v) is 2.70. The molecule has 0 aliphatic carbocycles. The molecule has 0 bridgehead atoms. The van der Waals surface area contributed by atoms with Crippen molar-refractivity contribution in [3.8, 4) is 11.5 Å². The molecule has 0 unspecified atom stereocenters. The first kappa shape index (κ1) is 14.8. The van der Waals surface area contributed by atoms with Gasteiger partial charge in [0.2, 0.25) is 0 Å². The Hall–Kier alpha value is -2.63. The van der Waals surface area contributed by atoms with Gasteiger partial charge in [-0.2, -0.15) is 8.78 Å². The predicted molar refractivity (Wildman–Crippen MR) is 72.4 cm³/mol. The lowest BCUT2D eigenvalue weighted by Gasteiger charge is -2.10. The van der Waals surface area contributed by atoms with E-state index in [4.69, 9.17) is 10.5 Å². The van der Waals surface area contributed by atoms with Crippen molar-refractivity contribution in [2.24, 2.45) is 5.73 Å². The largest absolute Gasteiger partial charge is 0.488 e. The number of ether oxygens (including phenoxy) is 2. The smallest absolute Gasteiger partial charge is 0.387 e. The molecule has 0 aliphatic rings. The average Bonchev–Trinajstić information content (AvgIpc) is 2.46. The first-order valence-corrected chi connectivity index (χ1v) is 6.11. The van der Waals surface area contributed by atoms with Crippen LogP contribution in [0.3, 0.4) is 0 Å². The molecule has 2 N–H and O–H groups in total. The number of primary amides is 1. The number of carbonyl (C=O) groups excluding carboxylic acids is 1. The molecule has 2 aromatic carbocycles. The van der Waals surface area contributed by atoms with Gasteiger partial charge in [-0.1, -0.05) is 24.3 Å². The number of para-hydroxylation sites is 1. The minimum atomic E-state index is -2.85. The fourth-order valence-corrected chi connectivity index (χ4v) is 1.72. The standard InChI is InChI=1S/C15H13F2NO3/c16-15(17)21-11-7-5-10(6-8-11)9-20-13-4-2-1-3-12(13)14(18)19/h1-8,15H,9H2,(H2,18,19). The molecule has 4 nitrogen and oxygen atoms in total. The minimum absolute atomic E-state index is 0.0753. The van der Waals surface area contributed by atoms with Crippen LogP contribution in [0.15, 0.2) is 48.5 Å². The fraction of sp³-hybridized carbons (Fsp3) is 0.133. The number of rotatable bonds is 6. The molecule has 0 heterocycles. The molecule has 0 saturated carbocycles. The van der Waals surface area contributed by atoms with Gasteiger partial charge in [0.15, 0.2) is 0 Å². The Labute approximate surface area is 120 Å². The molecule has 0 spiro atoms. The first-order valence-electron chi connectivity index (χ1n) is 6.11. The van der Waals surface area contributed by atoms with Crippen LogP contribution in [-0.2, 0) is 6.61 Å². The molecule has 2 rings (SSSR count). The lowest BCUT2D eigenvalue weighted by molar-refractivity contribution is -0.0498. The Morgan fingerprint density at radius 3 is 2.38 bits per heavy atom. The van der Waals surface area contributed by atoms with Gasteiger partial charge in [-0.15, -0.1) is 0 Å². The van der Waals surface area contributed by atoms with Gasteiger partial charge in [0, 0.05) is 0 Å². The summed E-state index contributed by atoms with van der Waals surface area (Å²) in [7, 11) is 0. The highest BCUT2D eigenvalue weighted by Crippen LogP contribution is 2.20. The van der Waals surface area contributed by atoms with Crippen molar-refractivity contribution in [1.29, 1.82) is 0 Å². The number of alkyl halides is 2. The number of halogens is 2. The zero-order chi connectivity index (χ0) is 15.2. The highest BCUT2D eigenvalue weighted by atomic mass is 19.3. The van der Waals surface area contributed by atoms with E-state index in [9.17, 15) is 13.6 Å². The summed E-state index contributed by atoms with van der Waals surface area (Å²) in [6.45, 7) is -2.67. The van der Waals surface area contributed by atoms with Crippen molar-refractivity contribution >= 4 is 5.91 Å². The summed E-state index contributed by atoms with van der Waals surface area (Å²) in [5.41, 5.74) is 6.28. The molecule has 0 atom stereocenters. The molecular weight excluding hydrogens is 280 g/mol. The van der Waals surface area contributed by atoms with E-state index in [0.717, 1.165) is 5.56 Å². The van der Waals surface area contributed by atoms with E-state index >= 15 is 0 Å². The van der Waals surface area contributed by atoms with Crippen molar-refractivity contribution < 1.29 is 23.0 Å². The van der Waals surface area contributed by atoms with E-state index in [1.54, 1.807) is 36.4 Å². The summed E-state index contributed by atoms with van der Waals surface area (Å²) < 4.78 is 33.8. The molecule has 0 aliphatic heterocycles. The van der Waals surface area contributed by atoms with Gasteiger partial charge in [0.25, 0.3) is 5.91 Å². The molecule has 1 amide bonds. The van der Waals surface area contributed by atoms with E-state index < -0.39 is 12.5 Å². The Morgan fingerprint density at radius 2 is 1.76 bits per heavy atom. The molecule has 21 heavy (non-hydrogen) atoms. The number of hydrogen-bond acceptors (Lipinski definition) is 3. The Morgan fingerprint density at radius 1 is 1.10 bits per heavy atom. The summed E-state index contributed by atoms with van der Waals surface area (Å²) in [5.74, 6) is -0.129. The van der Waals surface area contributed by atoms with Crippen molar-refractivity contribution in [2.75, 3.05) is 0 Å². The highest BCUT2D eigenvalue weighted by Gasteiger charge is 2.08. The van der Waals surface area contributed by atoms with Crippen LogP contribution in [0.4, 0.5) is 8.78 Å². The second-order valence-electron chi connectivity index (χ2n) is 4.17. The van der Waals surface area contributed by atoms with Gasteiger partial charge in [-0.05, 0) is 29.8 Å². The third-order valence-electron chi connectivity index (χ3n) is 2.70. The van der Waals surface area contributed by atoms with Crippen LogP contribution in [0.25, 0.3) is 0 Å². The van der Waals surface area contributed by atoms with Crippen molar-refractivity contribution in [1.82, 2.24) is 0 Å². The second kappa shape index (κ2) is 6.69. The van der Waals surface area contributed by atoms with Gasteiger partial charge < -0.3 is 15.2 Å². The van der Waals surface area contributed by atoms with Crippen LogP contribution < -0.4 is 15.2 Å². The van der Waals surface area contributed by atoms with Gasteiger partial charge in [0.05, 0.1) is 5.56 Å². The van der Waals surface area contributed by atoms with Gasteiger partial charge >= 0.3 is 6.61 Å². The van der Waals surface area contributed by atoms with Crippen molar-refractivity contribution in [3.05, 3.63) is 59.7 Å². The van der Waals surface area contributed by atoms with Gasteiger partial charge in [-0.3, -0.25) is 4.79 Å². The lowest BCUT2D eigenvalue weighted by atomic mass is 10.2. The molecule has 0 fully saturated rings. The minimum Gasteiger partial charge on any atom is -0.488 e. The molecule has 2 aromatic rings. The summed E-state index contributed by atoms with van der Waals surface area (Å²) in [6, 6.07) is 12.7. The Balaban J connectivity index is 2.02. The van der Waals surface area contributed by atoms with E-state index in [-0.39, 0.29) is 17.9 Å². The van der Waals surface area contributed by atoms with Crippen molar-refractivity contribution in [2.45, 2.75) is 13.2 Å². The predicted octanol–water partition coefficient (Wildman–Crippen LogP) is 2.97.